The van der Waals surface area contributed by atoms with Gasteiger partial charge in [0.1, 0.15) is 17.0 Å². The predicted molar refractivity (Wildman–Crippen MR) is 139 cm³/mol. The van der Waals surface area contributed by atoms with Gasteiger partial charge in [0.05, 0.1) is 5.02 Å². The van der Waals surface area contributed by atoms with E-state index in [1.807, 2.05) is 18.2 Å². The van der Waals surface area contributed by atoms with E-state index in [-0.39, 0.29) is 5.41 Å². The van der Waals surface area contributed by atoms with Crippen LogP contribution in [0.3, 0.4) is 0 Å². The van der Waals surface area contributed by atoms with Crippen molar-refractivity contribution < 1.29 is 8.94 Å². The Labute approximate surface area is 209 Å². The van der Waals surface area contributed by atoms with E-state index in [0.717, 1.165) is 77.1 Å². The summed E-state index contributed by atoms with van der Waals surface area (Å²) >= 11 is 6.64. The van der Waals surface area contributed by atoms with Crippen molar-refractivity contribution in [3.8, 4) is 11.3 Å². The average molecular weight is 486 g/mol. The summed E-state index contributed by atoms with van der Waals surface area (Å²) in [5, 5.41) is 5.29. The summed E-state index contributed by atoms with van der Waals surface area (Å²) in [6, 6.07) is 12.9. The highest BCUT2D eigenvalue weighted by Crippen LogP contribution is 2.56. The van der Waals surface area contributed by atoms with E-state index in [0.29, 0.717) is 5.92 Å². The van der Waals surface area contributed by atoms with Gasteiger partial charge in [0, 0.05) is 30.1 Å². The van der Waals surface area contributed by atoms with Crippen LogP contribution in [-0.4, -0.2) is 23.2 Å². The molecule has 0 amide bonds. The first-order valence-corrected chi connectivity index (χ1v) is 13.0. The third-order valence-corrected chi connectivity index (χ3v) is 8.35. The number of rotatable bonds is 4. The normalized spacial score (nSPS) is 19.3. The molecule has 6 heteroatoms. The highest BCUT2D eigenvalue weighted by atomic mass is 35.5. The Morgan fingerprint density at radius 1 is 1.06 bits per heavy atom. The SMILES string of the molecule is Cc1ccc2oc(N3CCC4(C=C(c5c(-c6c(C)cccc6Cl)noc5C5CC5)C4)CC3)nc2c1. The standard InChI is InChI=1S/C29H28ClN3O2/c1-17-6-9-23-22(14-17)31-28(34-23)33-12-10-29(11-13-33)15-20(16-29)25-26(32-35-27(25)19-7-8-19)24-18(2)4-3-5-21(24)30/h3-6,9,14-15,19H,7-8,10-13,16H2,1-2H3. The fourth-order valence-corrected chi connectivity index (χ4v) is 6.16. The zero-order chi connectivity index (χ0) is 23.7. The van der Waals surface area contributed by atoms with Crippen molar-refractivity contribution in [1.29, 1.82) is 0 Å². The van der Waals surface area contributed by atoms with Crippen LogP contribution in [0.25, 0.3) is 27.9 Å². The predicted octanol–water partition coefficient (Wildman–Crippen LogP) is 7.70. The smallest absolute Gasteiger partial charge is 0.298 e. The highest BCUT2D eigenvalue weighted by molar-refractivity contribution is 6.33. The van der Waals surface area contributed by atoms with Crippen molar-refractivity contribution in [1.82, 2.24) is 10.1 Å². The lowest BCUT2D eigenvalue weighted by Gasteiger charge is -2.46. The van der Waals surface area contributed by atoms with Crippen molar-refractivity contribution in [2.24, 2.45) is 5.41 Å². The van der Waals surface area contributed by atoms with Crippen molar-refractivity contribution in [2.75, 3.05) is 18.0 Å². The van der Waals surface area contributed by atoms with Gasteiger partial charge in [0.25, 0.3) is 6.01 Å². The Bertz CT molecular complexity index is 1460. The molecule has 0 radical (unpaired) electrons. The molecular weight excluding hydrogens is 458 g/mol. The molecule has 2 aromatic carbocycles. The molecule has 0 unspecified atom stereocenters. The average Bonchev–Trinajstić information content (AvgIpc) is 3.44. The van der Waals surface area contributed by atoms with Gasteiger partial charge in [-0.1, -0.05) is 41.0 Å². The first-order valence-electron chi connectivity index (χ1n) is 12.6. The van der Waals surface area contributed by atoms with Crippen molar-refractivity contribution in [3.05, 3.63) is 69.9 Å². The largest absolute Gasteiger partial charge is 0.423 e. The van der Waals surface area contributed by atoms with E-state index in [2.05, 4.69) is 48.2 Å². The van der Waals surface area contributed by atoms with E-state index < -0.39 is 0 Å². The molecule has 0 bridgehead atoms. The zero-order valence-electron chi connectivity index (χ0n) is 20.1. The molecule has 7 rings (SSSR count). The number of aromatic nitrogens is 2. The number of nitrogens with zero attached hydrogens (tertiary/aromatic N) is 3. The molecular formula is C29H28ClN3O2. The molecule has 5 nitrogen and oxygen atoms in total. The van der Waals surface area contributed by atoms with Crippen LogP contribution < -0.4 is 4.90 Å². The summed E-state index contributed by atoms with van der Waals surface area (Å²) in [4.78, 5) is 7.05. The molecule has 3 heterocycles. The summed E-state index contributed by atoms with van der Waals surface area (Å²) in [6.45, 7) is 6.08. The van der Waals surface area contributed by atoms with Crippen molar-refractivity contribution in [3.63, 3.8) is 0 Å². The molecule has 178 valence electrons. The number of oxazole rings is 1. The van der Waals surface area contributed by atoms with Crippen LogP contribution in [0.15, 0.2) is 51.4 Å². The number of aryl methyl sites for hydroxylation is 2. The van der Waals surface area contributed by atoms with E-state index in [1.165, 1.54) is 29.5 Å². The minimum Gasteiger partial charge on any atom is -0.423 e. The van der Waals surface area contributed by atoms with Crippen LogP contribution in [0.1, 0.15) is 60.5 Å². The number of anilines is 1. The van der Waals surface area contributed by atoms with E-state index in [9.17, 15) is 0 Å². The fraction of sp³-hybridized carbons (Fsp3) is 0.379. The minimum atomic E-state index is 0.235. The molecule has 1 spiro atoms. The Kier molecular flexibility index (Phi) is 4.69. The van der Waals surface area contributed by atoms with Gasteiger partial charge in [-0.3, -0.25) is 0 Å². The molecule has 1 saturated carbocycles. The molecule has 4 aromatic rings. The molecule has 2 aliphatic carbocycles. The van der Waals surface area contributed by atoms with Gasteiger partial charge in [0.15, 0.2) is 5.58 Å². The van der Waals surface area contributed by atoms with Gasteiger partial charge >= 0.3 is 0 Å². The molecule has 35 heavy (non-hydrogen) atoms. The summed E-state index contributed by atoms with van der Waals surface area (Å²) in [7, 11) is 0. The van der Waals surface area contributed by atoms with Crippen LogP contribution in [0.4, 0.5) is 6.01 Å². The van der Waals surface area contributed by atoms with Crippen LogP contribution in [0, 0.1) is 19.3 Å². The van der Waals surface area contributed by atoms with Crippen LogP contribution in [0.5, 0.6) is 0 Å². The minimum absolute atomic E-state index is 0.235. The van der Waals surface area contributed by atoms with Crippen molar-refractivity contribution >= 4 is 34.3 Å². The maximum atomic E-state index is 6.64. The van der Waals surface area contributed by atoms with Gasteiger partial charge in [-0.05, 0) is 86.3 Å². The summed E-state index contributed by atoms with van der Waals surface area (Å²) in [6.07, 6.45) is 8.11. The second-order valence-electron chi connectivity index (χ2n) is 10.6. The number of fused-ring (bicyclic) bond motifs is 1. The third-order valence-electron chi connectivity index (χ3n) is 8.03. The second kappa shape index (κ2) is 7.72. The molecule has 3 aliphatic rings. The summed E-state index contributed by atoms with van der Waals surface area (Å²) in [5.74, 6) is 1.55. The first-order chi connectivity index (χ1) is 17.0. The number of benzene rings is 2. The Hall–Kier alpha value is -3.05. The maximum absolute atomic E-state index is 6.64. The summed E-state index contributed by atoms with van der Waals surface area (Å²) < 4.78 is 12.0. The summed E-state index contributed by atoms with van der Waals surface area (Å²) in [5.41, 5.74) is 8.85. The molecule has 2 aromatic heterocycles. The van der Waals surface area contributed by atoms with Crippen LogP contribution in [-0.2, 0) is 0 Å². The lowest BCUT2D eigenvalue weighted by molar-refractivity contribution is 0.272. The molecule has 1 aliphatic heterocycles. The highest BCUT2D eigenvalue weighted by Gasteiger charge is 2.44. The number of allylic oxidation sites excluding steroid dienone is 2. The van der Waals surface area contributed by atoms with Crippen molar-refractivity contribution in [2.45, 2.75) is 51.9 Å². The Morgan fingerprint density at radius 2 is 1.86 bits per heavy atom. The third kappa shape index (κ3) is 3.51. The van der Waals surface area contributed by atoms with E-state index >= 15 is 0 Å². The quantitative estimate of drug-likeness (QED) is 0.296. The lowest BCUT2D eigenvalue weighted by Crippen LogP contribution is -2.42. The zero-order valence-corrected chi connectivity index (χ0v) is 20.9. The van der Waals surface area contributed by atoms with Crippen LogP contribution >= 0.6 is 11.6 Å². The monoisotopic (exact) mass is 485 g/mol. The molecule has 0 N–H and O–H groups in total. The number of halogens is 1. The molecule has 2 fully saturated rings. The van der Waals surface area contributed by atoms with Gasteiger partial charge in [-0.15, -0.1) is 0 Å². The van der Waals surface area contributed by atoms with Gasteiger partial charge in [-0.2, -0.15) is 4.98 Å². The van der Waals surface area contributed by atoms with E-state index in [4.69, 9.17) is 25.5 Å². The van der Waals surface area contributed by atoms with Gasteiger partial charge in [-0.25, -0.2) is 0 Å². The van der Waals surface area contributed by atoms with Crippen LogP contribution in [0.2, 0.25) is 5.02 Å². The molecule has 0 atom stereocenters. The van der Waals surface area contributed by atoms with Gasteiger partial charge in [0.2, 0.25) is 0 Å². The fourth-order valence-electron chi connectivity index (χ4n) is 5.85. The van der Waals surface area contributed by atoms with E-state index in [1.54, 1.807) is 0 Å². The molecule has 1 saturated heterocycles. The lowest BCUT2D eigenvalue weighted by atomic mass is 9.63. The second-order valence-corrected chi connectivity index (χ2v) is 11.0. The number of hydrogen-bond acceptors (Lipinski definition) is 5. The Balaban J connectivity index is 1.16. The Morgan fingerprint density at radius 3 is 2.60 bits per heavy atom. The number of piperidine rings is 1. The topological polar surface area (TPSA) is 55.3 Å². The number of hydrogen-bond donors (Lipinski definition) is 0. The van der Waals surface area contributed by atoms with Gasteiger partial charge < -0.3 is 13.8 Å². The maximum Gasteiger partial charge on any atom is 0.298 e. The first kappa shape index (κ1) is 21.3.